The summed E-state index contributed by atoms with van der Waals surface area (Å²) in [4.78, 5) is 0. The molecule has 6 heteroatoms. The number of tetrazole rings is 1. The van der Waals surface area contributed by atoms with Crippen LogP contribution in [-0.2, 0) is 5.54 Å². The lowest BCUT2D eigenvalue weighted by Crippen LogP contribution is -2.34. The molecule has 1 saturated carbocycles. The van der Waals surface area contributed by atoms with Gasteiger partial charge in [0.1, 0.15) is 5.75 Å². The molecule has 6 nitrogen and oxygen atoms in total. The summed E-state index contributed by atoms with van der Waals surface area (Å²) in [6, 6.07) is 5.67. The first kappa shape index (κ1) is 13.9. The Bertz CT molecular complexity index is 631. The molecule has 3 rings (SSSR count). The number of nitrogens with two attached hydrogens (primary N) is 1. The molecular weight excluding hydrogens is 266 g/mol. The number of nitrogen functional groups attached to an aromatic ring is 1. The molecular formula is C15H21N5O. The monoisotopic (exact) mass is 287 g/mol. The number of anilines is 1. The Labute approximate surface area is 124 Å². The first-order valence-electron chi connectivity index (χ1n) is 7.37. The molecule has 2 N–H and O–H groups in total. The van der Waals surface area contributed by atoms with Gasteiger partial charge in [-0.1, -0.05) is 19.3 Å². The van der Waals surface area contributed by atoms with E-state index < -0.39 is 0 Å². The number of rotatable bonds is 3. The summed E-state index contributed by atoms with van der Waals surface area (Å²) in [5.41, 5.74) is 7.51. The number of hydrogen-bond acceptors (Lipinski definition) is 5. The van der Waals surface area contributed by atoms with Crippen LogP contribution in [0.3, 0.4) is 0 Å². The van der Waals surface area contributed by atoms with Crippen molar-refractivity contribution in [1.29, 1.82) is 0 Å². The van der Waals surface area contributed by atoms with Crippen LogP contribution in [-0.4, -0.2) is 27.3 Å². The summed E-state index contributed by atoms with van der Waals surface area (Å²) in [6.07, 6.45) is 5.96. The molecule has 21 heavy (non-hydrogen) atoms. The van der Waals surface area contributed by atoms with Crippen LogP contribution >= 0.6 is 0 Å². The van der Waals surface area contributed by atoms with Gasteiger partial charge in [-0.2, -0.15) is 0 Å². The van der Waals surface area contributed by atoms with Crippen molar-refractivity contribution in [2.75, 3.05) is 12.8 Å². The van der Waals surface area contributed by atoms with Crippen LogP contribution < -0.4 is 10.5 Å². The first-order chi connectivity index (χ1) is 10.1. The predicted octanol–water partition coefficient (Wildman–Crippen LogP) is 2.61. The van der Waals surface area contributed by atoms with E-state index in [-0.39, 0.29) is 5.54 Å². The van der Waals surface area contributed by atoms with Crippen molar-refractivity contribution in [2.24, 2.45) is 0 Å². The van der Waals surface area contributed by atoms with E-state index in [0.717, 1.165) is 24.2 Å². The highest BCUT2D eigenvalue weighted by Gasteiger charge is 2.32. The van der Waals surface area contributed by atoms with Crippen molar-refractivity contribution in [3.63, 3.8) is 0 Å². The summed E-state index contributed by atoms with van der Waals surface area (Å²) in [5, 5.41) is 12.3. The van der Waals surface area contributed by atoms with E-state index in [1.165, 1.54) is 19.3 Å². The number of methoxy groups -OCH3 is 1. The minimum Gasteiger partial charge on any atom is -0.495 e. The molecule has 112 valence electrons. The lowest BCUT2D eigenvalue weighted by molar-refractivity contribution is 0.197. The van der Waals surface area contributed by atoms with Gasteiger partial charge >= 0.3 is 0 Å². The first-order valence-corrected chi connectivity index (χ1v) is 7.37. The molecule has 0 bridgehead atoms. The molecule has 1 aliphatic carbocycles. The second-order valence-corrected chi connectivity index (χ2v) is 5.93. The van der Waals surface area contributed by atoms with Gasteiger partial charge in [-0.3, -0.25) is 0 Å². The zero-order valence-electron chi connectivity index (χ0n) is 12.5. The molecule has 1 aromatic heterocycles. The molecule has 0 unspecified atom stereocenters. The Hall–Kier alpha value is -2.11. The highest BCUT2D eigenvalue weighted by Crippen LogP contribution is 2.37. The van der Waals surface area contributed by atoms with E-state index >= 15 is 0 Å². The maximum atomic E-state index is 6.00. The van der Waals surface area contributed by atoms with Crippen LogP contribution in [0.5, 0.6) is 5.75 Å². The maximum absolute atomic E-state index is 6.00. The van der Waals surface area contributed by atoms with Gasteiger partial charge in [0.2, 0.25) is 0 Å². The third-order valence-electron chi connectivity index (χ3n) is 4.40. The van der Waals surface area contributed by atoms with Crippen LogP contribution in [0.1, 0.15) is 39.0 Å². The summed E-state index contributed by atoms with van der Waals surface area (Å²) < 4.78 is 7.17. The standard InChI is InChI=1S/C15H21N5O/c1-15(8-4-3-5-9-15)20-14(17-18-19-20)11-6-7-13(21-2)12(16)10-11/h6-7,10H,3-5,8-9,16H2,1-2H3. The minimum absolute atomic E-state index is 0.00816. The lowest BCUT2D eigenvalue weighted by atomic mass is 9.83. The molecule has 1 fully saturated rings. The molecule has 1 aliphatic rings. The van der Waals surface area contributed by atoms with Crippen LogP contribution in [0.25, 0.3) is 11.4 Å². The van der Waals surface area contributed by atoms with Gasteiger partial charge in [0, 0.05) is 5.56 Å². The Morgan fingerprint density at radius 2 is 2.00 bits per heavy atom. The fraction of sp³-hybridized carbons (Fsp3) is 0.533. The number of benzene rings is 1. The average molecular weight is 287 g/mol. The minimum atomic E-state index is -0.00816. The third kappa shape index (κ3) is 2.46. The van der Waals surface area contributed by atoms with Gasteiger partial charge in [0.25, 0.3) is 0 Å². The van der Waals surface area contributed by atoms with Crippen molar-refractivity contribution in [2.45, 2.75) is 44.6 Å². The van der Waals surface area contributed by atoms with Gasteiger partial charge in [-0.25, -0.2) is 4.68 Å². The number of ether oxygens (including phenoxy) is 1. The van der Waals surface area contributed by atoms with Crippen LogP contribution in [0.15, 0.2) is 18.2 Å². The lowest BCUT2D eigenvalue weighted by Gasteiger charge is -2.34. The van der Waals surface area contributed by atoms with E-state index in [2.05, 4.69) is 22.4 Å². The fourth-order valence-electron chi connectivity index (χ4n) is 3.13. The van der Waals surface area contributed by atoms with Gasteiger partial charge in [0.05, 0.1) is 18.3 Å². The molecule has 0 atom stereocenters. The smallest absolute Gasteiger partial charge is 0.182 e. The molecule has 0 radical (unpaired) electrons. The summed E-state index contributed by atoms with van der Waals surface area (Å²) in [5.74, 6) is 1.44. The second kappa shape index (κ2) is 5.35. The average Bonchev–Trinajstić information content (AvgIpc) is 2.98. The highest BCUT2D eigenvalue weighted by atomic mass is 16.5. The normalized spacial score (nSPS) is 17.6. The molecule has 0 aliphatic heterocycles. The summed E-state index contributed by atoms with van der Waals surface area (Å²) >= 11 is 0. The largest absolute Gasteiger partial charge is 0.495 e. The van der Waals surface area contributed by atoms with Gasteiger partial charge in [-0.05, 0) is 48.4 Å². The topological polar surface area (TPSA) is 78.9 Å². The fourth-order valence-corrected chi connectivity index (χ4v) is 3.13. The SMILES string of the molecule is COc1ccc(-c2nnnn2C2(C)CCCCC2)cc1N. The second-order valence-electron chi connectivity index (χ2n) is 5.93. The Balaban J connectivity index is 2.00. The molecule has 2 aromatic rings. The number of aromatic nitrogens is 4. The van der Waals surface area contributed by atoms with Crippen LogP contribution in [0, 0.1) is 0 Å². The Morgan fingerprint density at radius 3 is 2.67 bits per heavy atom. The summed E-state index contributed by atoms with van der Waals surface area (Å²) in [7, 11) is 1.61. The molecule has 0 spiro atoms. The zero-order chi connectivity index (χ0) is 14.9. The maximum Gasteiger partial charge on any atom is 0.182 e. The van der Waals surface area contributed by atoms with Gasteiger partial charge in [0.15, 0.2) is 5.82 Å². The highest BCUT2D eigenvalue weighted by molar-refractivity contribution is 5.66. The molecule has 0 amide bonds. The van der Waals surface area contributed by atoms with Gasteiger partial charge < -0.3 is 10.5 Å². The Morgan fingerprint density at radius 1 is 1.24 bits per heavy atom. The van der Waals surface area contributed by atoms with Crippen LogP contribution in [0.2, 0.25) is 0 Å². The molecule has 1 aromatic carbocycles. The predicted molar refractivity (Wildman–Crippen MR) is 81.0 cm³/mol. The molecule has 0 saturated heterocycles. The van der Waals surface area contributed by atoms with Crippen molar-refractivity contribution in [1.82, 2.24) is 20.2 Å². The van der Waals surface area contributed by atoms with Crippen molar-refractivity contribution >= 4 is 5.69 Å². The Kier molecular flexibility index (Phi) is 3.53. The quantitative estimate of drug-likeness (QED) is 0.878. The van der Waals surface area contributed by atoms with Crippen molar-refractivity contribution in [3.8, 4) is 17.1 Å². The van der Waals surface area contributed by atoms with Crippen molar-refractivity contribution < 1.29 is 4.74 Å². The van der Waals surface area contributed by atoms with E-state index in [9.17, 15) is 0 Å². The van der Waals surface area contributed by atoms with E-state index in [1.807, 2.05) is 22.9 Å². The van der Waals surface area contributed by atoms with Gasteiger partial charge in [-0.15, -0.1) is 5.10 Å². The summed E-state index contributed by atoms with van der Waals surface area (Å²) in [6.45, 7) is 2.24. The van der Waals surface area contributed by atoms with Crippen molar-refractivity contribution in [3.05, 3.63) is 18.2 Å². The van der Waals surface area contributed by atoms with Crippen LogP contribution in [0.4, 0.5) is 5.69 Å². The van der Waals surface area contributed by atoms with E-state index in [0.29, 0.717) is 11.4 Å². The van der Waals surface area contributed by atoms with E-state index in [4.69, 9.17) is 10.5 Å². The molecule has 1 heterocycles. The zero-order valence-corrected chi connectivity index (χ0v) is 12.5. The number of nitrogens with zero attached hydrogens (tertiary/aromatic N) is 4. The number of hydrogen-bond donors (Lipinski definition) is 1. The van der Waals surface area contributed by atoms with E-state index in [1.54, 1.807) is 7.11 Å². The third-order valence-corrected chi connectivity index (χ3v) is 4.40.